The van der Waals surface area contributed by atoms with Gasteiger partial charge in [0, 0.05) is 13.6 Å². The Balaban J connectivity index is 1.86. The largest absolute Gasteiger partial charge is 0.484 e. The quantitative estimate of drug-likeness (QED) is 0.696. The van der Waals surface area contributed by atoms with Crippen molar-refractivity contribution in [3.05, 3.63) is 59.7 Å². The van der Waals surface area contributed by atoms with Crippen LogP contribution in [0.3, 0.4) is 0 Å². The molecule has 0 aliphatic heterocycles. The average Bonchev–Trinajstić information content (AvgIpc) is 2.61. The van der Waals surface area contributed by atoms with Gasteiger partial charge in [0.25, 0.3) is 5.91 Å². The lowest BCUT2D eigenvalue weighted by molar-refractivity contribution is -0.132. The third-order valence-electron chi connectivity index (χ3n) is 3.88. The second-order valence-electron chi connectivity index (χ2n) is 6.29. The summed E-state index contributed by atoms with van der Waals surface area (Å²) in [5.41, 5.74) is 1.96. The number of likely N-dealkylation sites (N-methyl/N-ethyl adjacent to an activating group) is 1. The van der Waals surface area contributed by atoms with Crippen molar-refractivity contribution in [1.29, 1.82) is 0 Å². The Labute approximate surface area is 152 Å². The Bertz CT molecular complexity index is 717. The topological polar surface area (TPSA) is 38.8 Å². The number of nitrogens with zero attached hydrogens (tertiary/aromatic N) is 1. The van der Waals surface area contributed by atoms with Gasteiger partial charge >= 0.3 is 6.61 Å². The van der Waals surface area contributed by atoms with Gasteiger partial charge in [-0.25, -0.2) is 0 Å². The normalized spacial score (nSPS) is 10.9. The van der Waals surface area contributed by atoms with Gasteiger partial charge in [0.05, 0.1) is 0 Å². The van der Waals surface area contributed by atoms with Crippen molar-refractivity contribution in [2.45, 2.75) is 32.9 Å². The first-order chi connectivity index (χ1) is 12.3. The molecular formula is C20H23F2NO3. The summed E-state index contributed by atoms with van der Waals surface area (Å²) >= 11 is 0. The van der Waals surface area contributed by atoms with Crippen LogP contribution in [-0.4, -0.2) is 31.1 Å². The van der Waals surface area contributed by atoms with Gasteiger partial charge in [-0.1, -0.05) is 38.1 Å². The maximum atomic E-state index is 12.2. The van der Waals surface area contributed by atoms with E-state index in [0.717, 1.165) is 11.1 Å². The number of carbonyl (C=O) groups is 1. The molecule has 0 N–H and O–H groups in total. The van der Waals surface area contributed by atoms with Crippen LogP contribution in [0.25, 0.3) is 0 Å². The number of hydrogen-bond acceptors (Lipinski definition) is 3. The molecule has 4 nitrogen and oxygen atoms in total. The Hall–Kier alpha value is -2.63. The van der Waals surface area contributed by atoms with E-state index in [-0.39, 0.29) is 18.3 Å². The van der Waals surface area contributed by atoms with E-state index in [1.54, 1.807) is 19.2 Å². The van der Waals surface area contributed by atoms with Crippen molar-refractivity contribution in [3.63, 3.8) is 0 Å². The van der Waals surface area contributed by atoms with Crippen LogP contribution in [0.15, 0.2) is 48.5 Å². The van der Waals surface area contributed by atoms with Gasteiger partial charge < -0.3 is 14.4 Å². The minimum absolute atomic E-state index is 0.0649. The van der Waals surface area contributed by atoms with E-state index in [1.165, 1.54) is 17.0 Å². The Morgan fingerprint density at radius 3 is 2.38 bits per heavy atom. The monoisotopic (exact) mass is 363 g/mol. The molecule has 0 bridgehead atoms. The van der Waals surface area contributed by atoms with Gasteiger partial charge in [-0.15, -0.1) is 0 Å². The first kappa shape index (κ1) is 19.7. The maximum Gasteiger partial charge on any atom is 0.387 e. The lowest BCUT2D eigenvalue weighted by atomic mass is 10.0. The molecule has 0 aliphatic rings. The van der Waals surface area contributed by atoms with Crippen LogP contribution in [0.2, 0.25) is 0 Å². The molecule has 0 saturated carbocycles. The predicted octanol–water partition coefficient (Wildman–Crippen LogP) is 4.45. The van der Waals surface area contributed by atoms with E-state index >= 15 is 0 Å². The molecule has 0 spiro atoms. The highest BCUT2D eigenvalue weighted by Crippen LogP contribution is 2.20. The highest BCUT2D eigenvalue weighted by Gasteiger charge is 2.11. The second kappa shape index (κ2) is 9.17. The highest BCUT2D eigenvalue weighted by atomic mass is 19.3. The molecule has 0 heterocycles. The summed E-state index contributed by atoms with van der Waals surface area (Å²) in [6.07, 6.45) is 0. The van der Waals surface area contributed by atoms with E-state index in [4.69, 9.17) is 4.74 Å². The number of benzene rings is 2. The molecule has 6 heteroatoms. The first-order valence-electron chi connectivity index (χ1n) is 8.35. The summed E-state index contributed by atoms with van der Waals surface area (Å²) in [7, 11) is 1.67. The van der Waals surface area contributed by atoms with E-state index in [9.17, 15) is 13.6 Å². The van der Waals surface area contributed by atoms with Crippen molar-refractivity contribution in [1.82, 2.24) is 4.90 Å². The summed E-state index contributed by atoms with van der Waals surface area (Å²) in [6, 6.07) is 13.9. The summed E-state index contributed by atoms with van der Waals surface area (Å²) < 4.78 is 34.2. The Morgan fingerprint density at radius 2 is 1.77 bits per heavy atom. The molecule has 2 aromatic rings. The van der Waals surface area contributed by atoms with E-state index in [1.807, 2.05) is 24.3 Å². The van der Waals surface area contributed by atoms with Crippen LogP contribution in [0.4, 0.5) is 8.78 Å². The lowest BCUT2D eigenvalue weighted by Gasteiger charge is -2.18. The molecule has 0 radical (unpaired) electrons. The van der Waals surface area contributed by atoms with E-state index in [0.29, 0.717) is 18.2 Å². The second-order valence-corrected chi connectivity index (χ2v) is 6.29. The van der Waals surface area contributed by atoms with Crippen LogP contribution in [0.5, 0.6) is 11.5 Å². The van der Waals surface area contributed by atoms with Crippen molar-refractivity contribution >= 4 is 5.91 Å². The first-order valence-corrected chi connectivity index (χ1v) is 8.35. The van der Waals surface area contributed by atoms with Crippen molar-refractivity contribution < 1.29 is 23.0 Å². The summed E-state index contributed by atoms with van der Waals surface area (Å²) in [5.74, 6) is 0.958. The van der Waals surface area contributed by atoms with Gasteiger partial charge in [0.1, 0.15) is 11.5 Å². The Kier molecular flexibility index (Phi) is 6.95. The van der Waals surface area contributed by atoms with Crippen LogP contribution in [-0.2, 0) is 11.3 Å². The van der Waals surface area contributed by atoms with Crippen molar-refractivity contribution in [2.75, 3.05) is 13.7 Å². The maximum absolute atomic E-state index is 12.2. The fourth-order valence-electron chi connectivity index (χ4n) is 2.36. The van der Waals surface area contributed by atoms with Gasteiger partial charge in [-0.3, -0.25) is 4.79 Å². The SMILES string of the molecule is CC(C)c1cccc(OCC(=O)N(C)Cc2ccc(OC(F)F)cc2)c1. The fourth-order valence-corrected chi connectivity index (χ4v) is 2.36. The van der Waals surface area contributed by atoms with Crippen molar-refractivity contribution in [3.8, 4) is 11.5 Å². The van der Waals surface area contributed by atoms with Crippen LogP contribution in [0, 0.1) is 0 Å². The van der Waals surface area contributed by atoms with Crippen LogP contribution >= 0.6 is 0 Å². The summed E-state index contributed by atoms with van der Waals surface area (Å²) in [5, 5.41) is 0. The summed E-state index contributed by atoms with van der Waals surface area (Å²) in [4.78, 5) is 13.8. The number of carbonyl (C=O) groups excluding carboxylic acids is 1. The highest BCUT2D eigenvalue weighted by molar-refractivity contribution is 5.77. The van der Waals surface area contributed by atoms with Crippen LogP contribution < -0.4 is 9.47 Å². The molecule has 1 amide bonds. The smallest absolute Gasteiger partial charge is 0.387 e. The molecule has 0 fully saturated rings. The molecule has 0 aliphatic carbocycles. The fraction of sp³-hybridized carbons (Fsp3) is 0.350. The number of amides is 1. The zero-order valence-corrected chi connectivity index (χ0v) is 15.1. The number of ether oxygens (including phenoxy) is 2. The van der Waals surface area contributed by atoms with Gasteiger partial charge in [0.2, 0.25) is 0 Å². The molecular weight excluding hydrogens is 340 g/mol. The van der Waals surface area contributed by atoms with Gasteiger partial charge in [-0.05, 0) is 41.3 Å². The number of halogens is 2. The third kappa shape index (κ3) is 6.02. The van der Waals surface area contributed by atoms with Crippen molar-refractivity contribution in [2.24, 2.45) is 0 Å². The zero-order valence-electron chi connectivity index (χ0n) is 15.1. The molecule has 0 saturated heterocycles. The predicted molar refractivity (Wildman–Crippen MR) is 95.6 cm³/mol. The van der Waals surface area contributed by atoms with E-state index < -0.39 is 6.61 Å². The molecule has 26 heavy (non-hydrogen) atoms. The lowest BCUT2D eigenvalue weighted by Crippen LogP contribution is -2.30. The summed E-state index contributed by atoms with van der Waals surface area (Å²) in [6.45, 7) is 1.62. The molecule has 2 rings (SSSR count). The standard InChI is InChI=1S/C20H23F2NO3/c1-14(2)16-5-4-6-18(11-16)25-13-19(24)23(3)12-15-7-9-17(10-8-15)26-20(21)22/h4-11,14,20H,12-13H2,1-3H3. The molecule has 0 atom stereocenters. The molecule has 140 valence electrons. The molecule has 0 unspecified atom stereocenters. The minimum atomic E-state index is -2.85. The number of rotatable bonds is 8. The minimum Gasteiger partial charge on any atom is -0.484 e. The van der Waals surface area contributed by atoms with Gasteiger partial charge in [-0.2, -0.15) is 8.78 Å². The number of hydrogen-bond donors (Lipinski definition) is 0. The molecule has 2 aromatic carbocycles. The van der Waals surface area contributed by atoms with Gasteiger partial charge in [0.15, 0.2) is 6.61 Å². The van der Waals surface area contributed by atoms with E-state index in [2.05, 4.69) is 18.6 Å². The zero-order chi connectivity index (χ0) is 19.1. The van der Waals surface area contributed by atoms with Crippen LogP contribution in [0.1, 0.15) is 30.9 Å². The Morgan fingerprint density at radius 1 is 1.08 bits per heavy atom. The average molecular weight is 363 g/mol. The molecule has 0 aromatic heterocycles. The number of alkyl halides is 2. The third-order valence-corrected chi connectivity index (χ3v) is 3.88.